The summed E-state index contributed by atoms with van der Waals surface area (Å²) in [6, 6.07) is 15.1. The summed E-state index contributed by atoms with van der Waals surface area (Å²) in [4.78, 5) is 15.4. The van der Waals surface area contributed by atoms with Gasteiger partial charge in [0.1, 0.15) is 0 Å². The SMILES string of the molecule is Cc1ccc(S(=O)(=O)N2CCC(C(=O)N[C@H](CN(C)C)c3ccccc3)CC2)cc1C. The van der Waals surface area contributed by atoms with Gasteiger partial charge in [-0.15, -0.1) is 0 Å². The van der Waals surface area contributed by atoms with Crippen molar-refractivity contribution >= 4 is 15.9 Å². The molecule has 1 aliphatic heterocycles. The van der Waals surface area contributed by atoms with Crippen molar-refractivity contribution in [3.05, 3.63) is 65.2 Å². The Bertz CT molecular complexity index is 998. The predicted octanol–water partition coefficient (Wildman–Crippen LogP) is 3.12. The fourth-order valence-electron chi connectivity index (χ4n) is 3.96. The summed E-state index contributed by atoms with van der Waals surface area (Å²) in [5.41, 5.74) is 3.10. The third-order valence-corrected chi connectivity index (χ3v) is 7.90. The largest absolute Gasteiger partial charge is 0.348 e. The van der Waals surface area contributed by atoms with Crippen LogP contribution in [-0.2, 0) is 14.8 Å². The van der Waals surface area contributed by atoms with Gasteiger partial charge in [-0.2, -0.15) is 4.31 Å². The lowest BCUT2D eigenvalue weighted by Crippen LogP contribution is -2.44. The molecule has 31 heavy (non-hydrogen) atoms. The first-order valence-corrected chi connectivity index (χ1v) is 12.2. The van der Waals surface area contributed by atoms with Crippen molar-refractivity contribution in [1.82, 2.24) is 14.5 Å². The quantitative estimate of drug-likeness (QED) is 0.714. The number of hydrogen-bond donors (Lipinski definition) is 1. The van der Waals surface area contributed by atoms with Crippen molar-refractivity contribution in [1.29, 1.82) is 0 Å². The van der Waals surface area contributed by atoms with Crippen molar-refractivity contribution in [3.8, 4) is 0 Å². The lowest BCUT2D eigenvalue weighted by atomic mass is 9.96. The number of carbonyl (C=O) groups is 1. The van der Waals surface area contributed by atoms with E-state index in [9.17, 15) is 13.2 Å². The van der Waals surface area contributed by atoms with Crippen LogP contribution in [0, 0.1) is 19.8 Å². The molecule has 1 N–H and O–H groups in total. The molecule has 7 heteroatoms. The van der Waals surface area contributed by atoms with E-state index in [0.29, 0.717) is 37.4 Å². The highest BCUT2D eigenvalue weighted by Gasteiger charge is 2.33. The molecule has 1 atom stereocenters. The number of piperidine rings is 1. The van der Waals surface area contributed by atoms with Gasteiger partial charge in [0.25, 0.3) is 0 Å². The van der Waals surface area contributed by atoms with Crippen LogP contribution in [0.3, 0.4) is 0 Å². The molecular weight excluding hydrogens is 410 g/mol. The van der Waals surface area contributed by atoms with Crippen LogP contribution in [0.5, 0.6) is 0 Å². The number of nitrogens with zero attached hydrogens (tertiary/aromatic N) is 2. The normalized spacial score (nSPS) is 16.9. The molecule has 1 amide bonds. The first-order chi connectivity index (χ1) is 14.7. The van der Waals surface area contributed by atoms with Gasteiger partial charge in [0, 0.05) is 25.6 Å². The van der Waals surface area contributed by atoms with Crippen molar-refractivity contribution < 1.29 is 13.2 Å². The van der Waals surface area contributed by atoms with Gasteiger partial charge in [0.2, 0.25) is 15.9 Å². The van der Waals surface area contributed by atoms with Crippen LogP contribution in [0.25, 0.3) is 0 Å². The van der Waals surface area contributed by atoms with Gasteiger partial charge in [-0.3, -0.25) is 4.79 Å². The fraction of sp³-hybridized carbons (Fsp3) is 0.458. The van der Waals surface area contributed by atoms with E-state index < -0.39 is 10.0 Å². The van der Waals surface area contributed by atoms with Gasteiger partial charge in [-0.25, -0.2) is 8.42 Å². The summed E-state index contributed by atoms with van der Waals surface area (Å²) >= 11 is 0. The number of nitrogens with one attached hydrogen (secondary N) is 1. The maximum absolute atomic E-state index is 13.0. The third-order valence-electron chi connectivity index (χ3n) is 6.01. The second-order valence-electron chi connectivity index (χ2n) is 8.66. The van der Waals surface area contributed by atoms with E-state index in [1.165, 1.54) is 4.31 Å². The summed E-state index contributed by atoms with van der Waals surface area (Å²) in [6.45, 7) is 5.31. The Hall–Kier alpha value is -2.22. The molecule has 0 bridgehead atoms. The first kappa shape index (κ1) is 23.4. The molecule has 1 aliphatic rings. The van der Waals surface area contributed by atoms with Gasteiger partial charge in [-0.05, 0) is 69.6 Å². The molecule has 168 valence electrons. The summed E-state index contributed by atoms with van der Waals surface area (Å²) in [7, 11) is 0.431. The van der Waals surface area contributed by atoms with E-state index in [1.807, 2.05) is 64.3 Å². The number of aryl methyl sites for hydroxylation is 2. The number of hydrogen-bond acceptors (Lipinski definition) is 4. The van der Waals surface area contributed by atoms with Crippen molar-refractivity contribution in [2.45, 2.75) is 37.6 Å². The van der Waals surface area contributed by atoms with E-state index >= 15 is 0 Å². The monoisotopic (exact) mass is 443 g/mol. The Kier molecular flexibility index (Phi) is 7.51. The van der Waals surface area contributed by atoms with Crippen LogP contribution in [0.2, 0.25) is 0 Å². The zero-order chi connectivity index (χ0) is 22.6. The Balaban J connectivity index is 1.64. The Morgan fingerprint density at radius 1 is 1.06 bits per heavy atom. The molecule has 0 saturated carbocycles. The summed E-state index contributed by atoms with van der Waals surface area (Å²) in [6.07, 6.45) is 1.05. The lowest BCUT2D eigenvalue weighted by molar-refractivity contribution is -0.127. The van der Waals surface area contributed by atoms with E-state index in [4.69, 9.17) is 0 Å². The van der Waals surface area contributed by atoms with Crippen molar-refractivity contribution in [2.75, 3.05) is 33.7 Å². The second kappa shape index (κ2) is 9.94. The first-order valence-electron chi connectivity index (χ1n) is 10.8. The highest BCUT2D eigenvalue weighted by molar-refractivity contribution is 7.89. The summed E-state index contributed by atoms with van der Waals surface area (Å²) < 4.78 is 27.6. The van der Waals surface area contributed by atoms with Crippen LogP contribution < -0.4 is 5.32 Å². The average Bonchev–Trinajstić information content (AvgIpc) is 2.75. The maximum Gasteiger partial charge on any atom is 0.243 e. The van der Waals surface area contributed by atoms with Gasteiger partial charge >= 0.3 is 0 Å². The third kappa shape index (κ3) is 5.73. The van der Waals surface area contributed by atoms with Gasteiger partial charge in [0.05, 0.1) is 10.9 Å². The Morgan fingerprint density at radius 3 is 2.29 bits per heavy atom. The molecular formula is C24H33N3O3S. The van der Waals surface area contributed by atoms with Crippen LogP contribution in [0.15, 0.2) is 53.4 Å². The standard InChI is InChI=1S/C24H33N3O3S/c1-18-10-11-22(16-19(18)2)31(29,30)27-14-12-21(13-15-27)24(28)25-23(17-26(3)4)20-8-6-5-7-9-20/h5-11,16,21,23H,12-15,17H2,1-4H3,(H,25,28)/t23-/m1/s1. The molecule has 2 aromatic carbocycles. The summed E-state index contributed by atoms with van der Waals surface area (Å²) in [5, 5.41) is 3.18. The minimum absolute atomic E-state index is 0.000989. The van der Waals surface area contributed by atoms with Crippen molar-refractivity contribution in [3.63, 3.8) is 0 Å². The zero-order valence-corrected chi connectivity index (χ0v) is 19.7. The van der Waals surface area contributed by atoms with Gasteiger partial charge in [0.15, 0.2) is 0 Å². The predicted molar refractivity (Wildman–Crippen MR) is 123 cm³/mol. The van der Waals surface area contributed by atoms with E-state index in [1.54, 1.807) is 12.1 Å². The topological polar surface area (TPSA) is 69.7 Å². The number of rotatable bonds is 7. The molecule has 1 fully saturated rings. The molecule has 0 aromatic heterocycles. The minimum atomic E-state index is -3.54. The molecule has 2 aromatic rings. The highest BCUT2D eigenvalue weighted by Crippen LogP contribution is 2.26. The van der Waals surface area contributed by atoms with Crippen LogP contribution in [0.4, 0.5) is 0 Å². The number of carbonyl (C=O) groups excluding carboxylic acids is 1. The maximum atomic E-state index is 13.0. The van der Waals surface area contributed by atoms with E-state index in [0.717, 1.165) is 16.7 Å². The molecule has 0 spiro atoms. The average molecular weight is 444 g/mol. The van der Waals surface area contributed by atoms with Crippen LogP contribution in [-0.4, -0.2) is 57.3 Å². The molecule has 1 heterocycles. The van der Waals surface area contributed by atoms with Crippen molar-refractivity contribution in [2.24, 2.45) is 5.92 Å². The number of sulfonamides is 1. The molecule has 0 unspecified atom stereocenters. The minimum Gasteiger partial charge on any atom is -0.348 e. The van der Waals surface area contributed by atoms with E-state index in [2.05, 4.69) is 10.2 Å². The lowest BCUT2D eigenvalue weighted by Gasteiger charge is -2.32. The number of likely N-dealkylation sites (N-methyl/N-ethyl adjacent to an activating group) is 1. The summed E-state index contributed by atoms with van der Waals surface area (Å²) in [5.74, 6) is -0.182. The second-order valence-corrected chi connectivity index (χ2v) is 10.6. The number of benzene rings is 2. The van der Waals surface area contributed by atoms with E-state index in [-0.39, 0.29) is 17.9 Å². The highest BCUT2D eigenvalue weighted by atomic mass is 32.2. The molecule has 0 aliphatic carbocycles. The molecule has 0 radical (unpaired) electrons. The van der Waals surface area contributed by atoms with Crippen LogP contribution in [0.1, 0.15) is 35.6 Å². The number of amides is 1. The van der Waals surface area contributed by atoms with Gasteiger partial charge in [-0.1, -0.05) is 36.4 Å². The molecule has 1 saturated heterocycles. The zero-order valence-electron chi connectivity index (χ0n) is 18.8. The molecule has 6 nitrogen and oxygen atoms in total. The fourth-order valence-corrected chi connectivity index (χ4v) is 5.51. The van der Waals surface area contributed by atoms with Crippen LogP contribution >= 0.6 is 0 Å². The smallest absolute Gasteiger partial charge is 0.243 e. The Morgan fingerprint density at radius 2 is 1.71 bits per heavy atom. The van der Waals surface area contributed by atoms with Gasteiger partial charge < -0.3 is 10.2 Å². The Labute approximate surface area is 186 Å². The molecule has 3 rings (SSSR count).